The summed E-state index contributed by atoms with van der Waals surface area (Å²) in [5.74, 6) is 0.156. The lowest BCUT2D eigenvalue weighted by atomic mass is 10.4. The highest BCUT2D eigenvalue weighted by atomic mass is 32.2. The summed E-state index contributed by atoms with van der Waals surface area (Å²) in [5, 5.41) is 0. The molecule has 0 aliphatic heterocycles. The Morgan fingerprint density at radius 1 is 1.45 bits per heavy atom. The smallest absolute Gasteiger partial charge is 0.211 e. The van der Waals surface area contributed by atoms with Gasteiger partial charge in [-0.25, -0.2) is 13.1 Å². The van der Waals surface area contributed by atoms with Gasteiger partial charge in [0.25, 0.3) is 0 Å². The second-order valence-electron chi connectivity index (χ2n) is 2.16. The standard InChI is InChI=1S/C7H15NO2S/c1-3-5-6-7-8-11(9,10)4-2/h3,5,8H,4,6-7H2,1-2H3/b5-3+. The molecule has 66 valence electrons. The molecule has 4 heteroatoms. The highest BCUT2D eigenvalue weighted by Crippen LogP contribution is 1.85. The predicted molar refractivity (Wildman–Crippen MR) is 46.9 cm³/mol. The number of rotatable bonds is 5. The third kappa shape index (κ3) is 6.06. The van der Waals surface area contributed by atoms with Crippen molar-refractivity contribution in [2.24, 2.45) is 0 Å². The van der Waals surface area contributed by atoms with Crippen molar-refractivity contribution in [1.29, 1.82) is 0 Å². The largest absolute Gasteiger partial charge is 0.215 e. The van der Waals surface area contributed by atoms with Crippen molar-refractivity contribution in [2.45, 2.75) is 20.3 Å². The van der Waals surface area contributed by atoms with Crippen molar-refractivity contribution < 1.29 is 8.42 Å². The molecule has 0 atom stereocenters. The van der Waals surface area contributed by atoms with E-state index in [9.17, 15) is 8.42 Å². The van der Waals surface area contributed by atoms with Crippen LogP contribution in [0.4, 0.5) is 0 Å². The highest BCUT2D eigenvalue weighted by molar-refractivity contribution is 7.89. The van der Waals surface area contributed by atoms with Gasteiger partial charge in [0.15, 0.2) is 0 Å². The van der Waals surface area contributed by atoms with Crippen LogP contribution in [0.2, 0.25) is 0 Å². The van der Waals surface area contributed by atoms with Crippen LogP contribution in [0, 0.1) is 0 Å². The summed E-state index contributed by atoms with van der Waals surface area (Å²) < 4.78 is 24.1. The predicted octanol–water partition coefficient (Wildman–Crippen LogP) is 0.892. The maximum atomic E-state index is 10.8. The van der Waals surface area contributed by atoms with Gasteiger partial charge in [-0.2, -0.15) is 0 Å². The number of nitrogens with one attached hydrogen (secondary N) is 1. The molecule has 11 heavy (non-hydrogen) atoms. The Bertz CT molecular complexity index is 206. The first-order chi connectivity index (χ1) is 5.12. The number of hydrogen-bond donors (Lipinski definition) is 1. The second-order valence-corrected chi connectivity index (χ2v) is 4.25. The van der Waals surface area contributed by atoms with Gasteiger partial charge < -0.3 is 0 Å². The van der Waals surface area contributed by atoms with Crippen molar-refractivity contribution in [2.75, 3.05) is 12.3 Å². The van der Waals surface area contributed by atoms with E-state index in [0.717, 1.165) is 6.42 Å². The van der Waals surface area contributed by atoms with Gasteiger partial charge in [-0.1, -0.05) is 12.2 Å². The first-order valence-electron chi connectivity index (χ1n) is 3.71. The molecule has 0 radical (unpaired) electrons. The molecule has 0 aromatic carbocycles. The molecule has 0 fully saturated rings. The molecule has 0 rings (SSSR count). The summed E-state index contributed by atoms with van der Waals surface area (Å²) in [6.07, 6.45) is 4.59. The van der Waals surface area contributed by atoms with E-state index in [1.165, 1.54) is 0 Å². The molecule has 0 bridgehead atoms. The Hall–Kier alpha value is -0.350. The molecular weight excluding hydrogens is 162 g/mol. The van der Waals surface area contributed by atoms with Crippen LogP contribution in [0.3, 0.4) is 0 Å². The summed E-state index contributed by atoms with van der Waals surface area (Å²) in [4.78, 5) is 0. The van der Waals surface area contributed by atoms with E-state index >= 15 is 0 Å². The topological polar surface area (TPSA) is 46.2 Å². The third-order valence-electron chi connectivity index (χ3n) is 1.25. The van der Waals surface area contributed by atoms with Gasteiger partial charge in [-0.3, -0.25) is 0 Å². The molecule has 0 aliphatic rings. The fraction of sp³-hybridized carbons (Fsp3) is 0.714. The van der Waals surface area contributed by atoms with Gasteiger partial charge in [0.05, 0.1) is 5.75 Å². The first kappa shape index (κ1) is 10.7. The van der Waals surface area contributed by atoms with Crippen molar-refractivity contribution in [3.8, 4) is 0 Å². The zero-order chi connectivity index (χ0) is 8.74. The molecule has 3 nitrogen and oxygen atoms in total. The van der Waals surface area contributed by atoms with Crippen LogP contribution in [-0.2, 0) is 10.0 Å². The van der Waals surface area contributed by atoms with Crippen LogP contribution in [0.15, 0.2) is 12.2 Å². The summed E-state index contributed by atoms with van der Waals surface area (Å²) in [6.45, 7) is 4.03. The lowest BCUT2D eigenvalue weighted by molar-refractivity contribution is 0.583. The van der Waals surface area contributed by atoms with E-state index in [4.69, 9.17) is 0 Å². The van der Waals surface area contributed by atoms with Gasteiger partial charge >= 0.3 is 0 Å². The summed E-state index contributed by atoms with van der Waals surface area (Å²) >= 11 is 0. The Morgan fingerprint density at radius 3 is 2.55 bits per heavy atom. The van der Waals surface area contributed by atoms with Crippen molar-refractivity contribution in [3.05, 3.63) is 12.2 Å². The maximum absolute atomic E-state index is 10.8. The van der Waals surface area contributed by atoms with Gasteiger partial charge in [-0.05, 0) is 20.3 Å². The van der Waals surface area contributed by atoms with Crippen LogP contribution >= 0.6 is 0 Å². The van der Waals surface area contributed by atoms with Crippen molar-refractivity contribution >= 4 is 10.0 Å². The number of hydrogen-bond acceptors (Lipinski definition) is 2. The van der Waals surface area contributed by atoms with Gasteiger partial charge in [0, 0.05) is 6.54 Å². The van der Waals surface area contributed by atoms with Gasteiger partial charge in [0.1, 0.15) is 0 Å². The Labute approximate surface area is 68.5 Å². The minimum absolute atomic E-state index is 0.156. The van der Waals surface area contributed by atoms with E-state index < -0.39 is 10.0 Å². The van der Waals surface area contributed by atoms with Gasteiger partial charge in [0.2, 0.25) is 10.0 Å². The lowest BCUT2D eigenvalue weighted by Gasteiger charge is -2.00. The van der Waals surface area contributed by atoms with Crippen LogP contribution in [-0.4, -0.2) is 20.7 Å². The zero-order valence-corrected chi connectivity index (χ0v) is 7.82. The lowest BCUT2D eigenvalue weighted by Crippen LogP contribution is -2.25. The van der Waals surface area contributed by atoms with Crippen LogP contribution < -0.4 is 4.72 Å². The Kier molecular flexibility index (Phi) is 5.15. The minimum Gasteiger partial charge on any atom is -0.215 e. The van der Waals surface area contributed by atoms with Crippen LogP contribution in [0.5, 0.6) is 0 Å². The number of sulfonamides is 1. The molecular formula is C7H15NO2S. The SMILES string of the molecule is C/C=C/CCNS(=O)(=O)CC. The van der Waals surface area contributed by atoms with E-state index in [-0.39, 0.29) is 5.75 Å². The molecule has 0 saturated heterocycles. The normalized spacial score (nSPS) is 12.5. The van der Waals surface area contributed by atoms with Crippen molar-refractivity contribution in [3.63, 3.8) is 0 Å². The molecule has 1 N–H and O–H groups in total. The molecule has 0 aliphatic carbocycles. The first-order valence-corrected chi connectivity index (χ1v) is 5.36. The van der Waals surface area contributed by atoms with Crippen LogP contribution in [0.1, 0.15) is 20.3 Å². The fourth-order valence-corrected chi connectivity index (χ4v) is 1.20. The second kappa shape index (κ2) is 5.32. The Morgan fingerprint density at radius 2 is 2.09 bits per heavy atom. The maximum Gasteiger partial charge on any atom is 0.211 e. The summed E-state index contributed by atoms with van der Waals surface area (Å²) in [5.41, 5.74) is 0. The molecule has 0 amide bonds. The molecule has 0 unspecified atom stereocenters. The molecule has 0 aromatic heterocycles. The number of allylic oxidation sites excluding steroid dienone is 1. The van der Waals surface area contributed by atoms with E-state index in [1.807, 2.05) is 19.1 Å². The van der Waals surface area contributed by atoms with Crippen LogP contribution in [0.25, 0.3) is 0 Å². The van der Waals surface area contributed by atoms with Gasteiger partial charge in [-0.15, -0.1) is 0 Å². The van der Waals surface area contributed by atoms with Crippen molar-refractivity contribution in [1.82, 2.24) is 4.72 Å². The molecule has 0 heterocycles. The average molecular weight is 177 g/mol. The molecule has 0 saturated carbocycles. The molecule has 0 spiro atoms. The van der Waals surface area contributed by atoms with E-state index in [1.54, 1.807) is 6.92 Å². The monoisotopic (exact) mass is 177 g/mol. The minimum atomic E-state index is -2.98. The van der Waals surface area contributed by atoms with E-state index in [0.29, 0.717) is 6.54 Å². The zero-order valence-electron chi connectivity index (χ0n) is 7.00. The summed E-state index contributed by atoms with van der Waals surface area (Å²) in [7, 11) is -2.98. The van der Waals surface area contributed by atoms with E-state index in [2.05, 4.69) is 4.72 Å². The third-order valence-corrected chi connectivity index (χ3v) is 2.65. The summed E-state index contributed by atoms with van der Waals surface area (Å²) in [6, 6.07) is 0. The fourth-order valence-electron chi connectivity index (χ4n) is 0.566. The average Bonchev–Trinajstić information content (AvgIpc) is 1.99. The highest BCUT2D eigenvalue weighted by Gasteiger charge is 2.02. The quantitative estimate of drug-likeness (QED) is 0.501. The molecule has 0 aromatic rings. The Balaban J connectivity index is 3.55.